The highest BCUT2D eigenvalue weighted by atomic mass is 28.2. The van der Waals surface area contributed by atoms with E-state index in [4.69, 9.17) is 4.43 Å². The van der Waals surface area contributed by atoms with Crippen LogP contribution in [0.1, 0.15) is 24.0 Å². The molecule has 0 aliphatic heterocycles. The third kappa shape index (κ3) is 3.12. The smallest absolute Gasteiger partial charge is 0.161 e. The van der Waals surface area contributed by atoms with E-state index in [9.17, 15) is 0 Å². The minimum Gasteiger partial charge on any atom is -0.427 e. The number of benzene rings is 1. The molecule has 0 saturated heterocycles. The van der Waals surface area contributed by atoms with Crippen molar-refractivity contribution in [2.45, 2.75) is 18.9 Å². The lowest BCUT2D eigenvalue weighted by molar-refractivity contribution is 0.438. The van der Waals surface area contributed by atoms with Crippen LogP contribution in [-0.4, -0.2) is 16.9 Å². The normalized spacial score (nSPS) is 13.3. The third-order valence-electron chi connectivity index (χ3n) is 2.50. The van der Waals surface area contributed by atoms with Crippen molar-refractivity contribution in [2.24, 2.45) is 0 Å². The van der Waals surface area contributed by atoms with Crippen LogP contribution in [0.25, 0.3) is 6.08 Å². The Balaban J connectivity index is 2.61. The molecule has 0 bridgehead atoms. The summed E-state index contributed by atoms with van der Waals surface area (Å²) in [5.74, 6) is 0.625. The van der Waals surface area contributed by atoms with E-state index >= 15 is 0 Å². The number of hydrogen-bond donors (Lipinski definition) is 0. The zero-order chi connectivity index (χ0) is 10.4. The van der Waals surface area contributed by atoms with Crippen LogP contribution in [0.5, 0.6) is 0 Å². The molecule has 1 unspecified atom stereocenters. The van der Waals surface area contributed by atoms with E-state index in [1.54, 1.807) is 7.11 Å². The van der Waals surface area contributed by atoms with Crippen molar-refractivity contribution < 1.29 is 4.43 Å². The molecule has 0 heterocycles. The molecule has 1 nitrogen and oxygen atoms in total. The molecule has 1 aromatic carbocycles. The molecule has 76 valence electrons. The van der Waals surface area contributed by atoms with Crippen LogP contribution in [0.15, 0.2) is 30.8 Å². The highest BCUT2D eigenvalue weighted by Gasteiger charge is 2.04. The van der Waals surface area contributed by atoms with Gasteiger partial charge in [0, 0.05) is 7.11 Å². The van der Waals surface area contributed by atoms with Crippen molar-refractivity contribution in [1.29, 1.82) is 0 Å². The summed E-state index contributed by atoms with van der Waals surface area (Å²) < 4.78 is 5.20. The van der Waals surface area contributed by atoms with Crippen molar-refractivity contribution >= 4 is 15.8 Å². The molecular weight excluding hydrogens is 188 g/mol. The maximum Gasteiger partial charge on any atom is 0.161 e. The van der Waals surface area contributed by atoms with Gasteiger partial charge < -0.3 is 4.43 Å². The van der Waals surface area contributed by atoms with Crippen LogP contribution in [0.4, 0.5) is 0 Å². The molecule has 0 fully saturated rings. The van der Waals surface area contributed by atoms with Gasteiger partial charge in [-0.1, -0.05) is 43.8 Å². The second-order valence-electron chi connectivity index (χ2n) is 3.55. The quantitative estimate of drug-likeness (QED) is 0.673. The van der Waals surface area contributed by atoms with Crippen molar-refractivity contribution in [3.8, 4) is 0 Å². The molecule has 1 rings (SSSR count). The zero-order valence-corrected chi connectivity index (χ0v) is 10.4. The molecule has 0 aliphatic rings. The third-order valence-corrected chi connectivity index (χ3v) is 4.01. The Morgan fingerprint density at radius 2 is 2.07 bits per heavy atom. The van der Waals surface area contributed by atoms with Gasteiger partial charge in [-0.2, -0.15) is 0 Å². The average Bonchev–Trinajstić information content (AvgIpc) is 2.26. The molecule has 0 N–H and O–H groups in total. The maximum atomic E-state index is 5.20. The predicted molar refractivity (Wildman–Crippen MR) is 65.3 cm³/mol. The zero-order valence-electron chi connectivity index (χ0n) is 8.99. The van der Waals surface area contributed by atoms with Crippen LogP contribution in [-0.2, 0) is 4.43 Å². The summed E-state index contributed by atoms with van der Waals surface area (Å²) in [5, 5.41) is 0. The summed E-state index contributed by atoms with van der Waals surface area (Å²) in [6.07, 6.45) is 1.87. The SMILES string of the molecule is C=Cc1ccc(C(C)C[SiH2]OC)cc1. The van der Waals surface area contributed by atoms with E-state index in [2.05, 4.69) is 37.8 Å². The van der Waals surface area contributed by atoms with E-state index in [1.165, 1.54) is 17.2 Å². The number of rotatable bonds is 5. The second kappa shape index (κ2) is 5.78. The molecule has 0 radical (unpaired) electrons. The summed E-state index contributed by atoms with van der Waals surface area (Å²) in [7, 11) is 1.50. The van der Waals surface area contributed by atoms with Crippen molar-refractivity contribution in [3.05, 3.63) is 42.0 Å². The largest absolute Gasteiger partial charge is 0.427 e. The van der Waals surface area contributed by atoms with Crippen LogP contribution < -0.4 is 0 Å². The van der Waals surface area contributed by atoms with Gasteiger partial charge in [-0.05, 0) is 23.1 Å². The molecule has 2 heteroatoms. The highest BCUT2D eigenvalue weighted by Crippen LogP contribution is 2.19. The van der Waals surface area contributed by atoms with Gasteiger partial charge in [-0.15, -0.1) is 0 Å². The lowest BCUT2D eigenvalue weighted by Crippen LogP contribution is -2.00. The Kier molecular flexibility index (Phi) is 4.63. The standard InChI is InChI=1S/C12H18OSi/c1-4-11-5-7-12(8-6-11)10(2)9-14-13-3/h4-8,10H,1,9,14H2,2-3H3. The first-order chi connectivity index (χ1) is 6.77. The topological polar surface area (TPSA) is 9.23 Å². The van der Waals surface area contributed by atoms with Gasteiger partial charge in [0.25, 0.3) is 0 Å². The Bertz CT molecular complexity index is 279. The van der Waals surface area contributed by atoms with Crippen molar-refractivity contribution in [3.63, 3.8) is 0 Å². The number of hydrogen-bond acceptors (Lipinski definition) is 1. The first kappa shape index (κ1) is 11.2. The summed E-state index contributed by atoms with van der Waals surface area (Å²) >= 11 is 0. The molecule has 1 atom stereocenters. The Hall–Kier alpha value is -0.863. The minimum atomic E-state index is -0.305. The van der Waals surface area contributed by atoms with Gasteiger partial charge in [-0.3, -0.25) is 0 Å². The van der Waals surface area contributed by atoms with Crippen molar-refractivity contribution in [1.82, 2.24) is 0 Å². The fourth-order valence-electron chi connectivity index (χ4n) is 1.42. The maximum absolute atomic E-state index is 5.20. The van der Waals surface area contributed by atoms with Gasteiger partial charge in [0.2, 0.25) is 0 Å². The predicted octanol–water partition coefficient (Wildman–Crippen LogP) is 2.58. The van der Waals surface area contributed by atoms with Gasteiger partial charge in [-0.25, -0.2) is 0 Å². The Morgan fingerprint density at radius 1 is 1.43 bits per heavy atom. The molecule has 0 saturated carbocycles. The van der Waals surface area contributed by atoms with Crippen LogP contribution >= 0.6 is 0 Å². The first-order valence-electron chi connectivity index (χ1n) is 4.99. The minimum absolute atomic E-state index is 0.305. The first-order valence-corrected chi connectivity index (χ1v) is 6.57. The lowest BCUT2D eigenvalue weighted by Gasteiger charge is -2.10. The van der Waals surface area contributed by atoms with Crippen molar-refractivity contribution in [2.75, 3.05) is 7.11 Å². The fourth-order valence-corrected chi connectivity index (χ4v) is 2.34. The fraction of sp³-hybridized carbons (Fsp3) is 0.333. The van der Waals surface area contributed by atoms with Gasteiger partial charge in [0.1, 0.15) is 0 Å². The summed E-state index contributed by atoms with van der Waals surface area (Å²) in [4.78, 5) is 0. The van der Waals surface area contributed by atoms with Crippen LogP contribution in [0.2, 0.25) is 6.04 Å². The van der Waals surface area contributed by atoms with E-state index in [0.717, 1.165) is 0 Å². The van der Waals surface area contributed by atoms with Gasteiger partial charge in [0.15, 0.2) is 9.76 Å². The van der Waals surface area contributed by atoms with Gasteiger partial charge in [0.05, 0.1) is 0 Å². The molecule has 0 spiro atoms. The van der Waals surface area contributed by atoms with Crippen LogP contribution in [0.3, 0.4) is 0 Å². The van der Waals surface area contributed by atoms with Crippen LogP contribution in [0, 0.1) is 0 Å². The molecule has 1 aromatic rings. The molecule has 0 aromatic heterocycles. The summed E-state index contributed by atoms with van der Waals surface area (Å²) in [6.45, 7) is 6.00. The van der Waals surface area contributed by atoms with E-state index in [1.807, 2.05) is 6.08 Å². The van der Waals surface area contributed by atoms with E-state index < -0.39 is 0 Å². The highest BCUT2D eigenvalue weighted by molar-refractivity contribution is 6.27. The molecule has 14 heavy (non-hydrogen) atoms. The average molecular weight is 206 g/mol. The van der Waals surface area contributed by atoms with Gasteiger partial charge >= 0.3 is 0 Å². The Morgan fingerprint density at radius 3 is 2.57 bits per heavy atom. The molecular formula is C12H18OSi. The second-order valence-corrected chi connectivity index (χ2v) is 5.12. The monoisotopic (exact) mass is 206 g/mol. The summed E-state index contributed by atoms with van der Waals surface area (Å²) in [5.41, 5.74) is 2.59. The van der Waals surface area contributed by atoms with E-state index in [-0.39, 0.29) is 9.76 Å². The van der Waals surface area contributed by atoms with E-state index in [0.29, 0.717) is 5.92 Å². The molecule has 0 aliphatic carbocycles. The summed E-state index contributed by atoms with van der Waals surface area (Å²) in [6, 6.07) is 9.82. The Labute approximate surface area is 88.7 Å². The lowest BCUT2D eigenvalue weighted by atomic mass is 10.0. The molecule has 0 amide bonds.